The van der Waals surface area contributed by atoms with E-state index < -0.39 is 0 Å². The number of hydrogen-bond donors (Lipinski definition) is 0. The molecule has 28 heavy (non-hydrogen) atoms. The lowest BCUT2D eigenvalue weighted by Crippen LogP contribution is -2.40. The van der Waals surface area contributed by atoms with Crippen molar-refractivity contribution in [3.8, 4) is 0 Å². The second kappa shape index (κ2) is 21.2. The minimum atomic E-state index is 0. The number of quaternary nitrogens is 1. The Bertz CT molecular complexity index is 370. The molecule has 0 atom stereocenters. The maximum absolute atomic E-state index is 11.8. The first-order valence-electron chi connectivity index (χ1n) is 11.6. The van der Waals surface area contributed by atoms with E-state index in [2.05, 4.69) is 32.6 Å². The van der Waals surface area contributed by atoms with Crippen LogP contribution in [-0.2, 0) is 0 Å². The van der Waals surface area contributed by atoms with Gasteiger partial charge >= 0.3 is 0 Å². The Morgan fingerprint density at radius 3 is 1.75 bits per heavy atom. The van der Waals surface area contributed by atoms with Gasteiger partial charge in [-0.2, -0.15) is 0 Å². The maximum Gasteiger partial charge on any atom is 0.0966 e. The molecule has 0 bridgehead atoms. The molecule has 0 aromatic carbocycles. The van der Waals surface area contributed by atoms with Gasteiger partial charge in [-0.15, -0.1) is 12.4 Å². The van der Waals surface area contributed by atoms with Crippen LogP contribution < -0.4 is 5.11 Å². The van der Waals surface area contributed by atoms with Crippen LogP contribution in [0.5, 0.6) is 0 Å². The van der Waals surface area contributed by atoms with Crippen molar-refractivity contribution < 1.29 is 9.59 Å². The lowest BCUT2D eigenvalue weighted by atomic mass is 10.0. The van der Waals surface area contributed by atoms with Crippen LogP contribution >= 0.6 is 12.4 Å². The molecule has 0 unspecified atom stereocenters. The van der Waals surface area contributed by atoms with Crippen LogP contribution in [0.15, 0.2) is 17.6 Å². The zero-order valence-corrected chi connectivity index (χ0v) is 20.0. The molecule has 0 aliphatic rings. The van der Waals surface area contributed by atoms with Gasteiger partial charge in [-0.05, 0) is 24.8 Å². The average molecular weight is 417 g/mol. The van der Waals surface area contributed by atoms with Crippen LogP contribution in [0.3, 0.4) is 0 Å². The number of unbranched alkanes of at least 4 members (excludes halogenated alkanes) is 12. The normalized spacial score (nSPS) is 12.0. The second-order valence-corrected chi connectivity index (χ2v) is 8.75. The highest BCUT2D eigenvalue weighted by Gasteiger charge is 2.10. The molecule has 0 amide bonds. The Morgan fingerprint density at radius 2 is 1.29 bits per heavy atom. The third-order valence-electron chi connectivity index (χ3n) is 5.33. The molecule has 0 aliphatic carbocycles. The third kappa shape index (κ3) is 21.8. The van der Waals surface area contributed by atoms with Crippen LogP contribution in [0, 0.1) is 0 Å². The molecule has 0 saturated heterocycles. The highest BCUT2D eigenvalue weighted by Crippen LogP contribution is 2.12. The zero-order valence-electron chi connectivity index (χ0n) is 19.2. The standard InChI is InChI=1S/C24H48N2O.ClH/c1-5-7-8-9-10-11-12-13-14-15-16-17-18-20-24(27)25-21-19-23-26(3,4)22-6-2;/h6H,2,5,7-23H2,1,3-4H3;1H. The minimum Gasteiger partial charge on any atom is -0.862 e. The first kappa shape index (κ1) is 29.7. The molecule has 0 rings (SSSR count). The number of halogens is 1. The predicted molar refractivity (Wildman–Crippen MR) is 127 cm³/mol. The molecular weight excluding hydrogens is 368 g/mol. The van der Waals surface area contributed by atoms with E-state index in [4.69, 9.17) is 0 Å². The van der Waals surface area contributed by atoms with Gasteiger partial charge in [0.25, 0.3) is 0 Å². The van der Waals surface area contributed by atoms with Gasteiger partial charge in [0.05, 0.1) is 27.2 Å². The van der Waals surface area contributed by atoms with Crippen molar-refractivity contribution in [2.45, 2.75) is 103 Å². The van der Waals surface area contributed by atoms with E-state index in [1.807, 2.05) is 6.08 Å². The molecule has 0 fully saturated rings. The van der Waals surface area contributed by atoms with Gasteiger partial charge in [-0.1, -0.05) is 90.6 Å². The van der Waals surface area contributed by atoms with Crippen LogP contribution in [0.1, 0.15) is 103 Å². The summed E-state index contributed by atoms with van der Waals surface area (Å²) in [4.78, 5) is 4.21. The molecule has 0 spiro atoms. The number of likely N-dealkylation sites (N-methyl/N-ethyl adjacent to an activating group) is 1. The summed E-state index contributed by atoms with van der Waals surface area (Å²) in [5.41, 5.74) is 0. The van der Waals surface area contributed by atoms with Gasteiger partial charge in [-0.3, -0.25) is 0 Å². The number of hydrogen-bond acceptors (Lipinski definition) is 2. The number of nitrogens with zero attached hydrogens (tertiary/aromatic N) is 2. The van der Waals surface area contributed by atoms with Crippen molar-refractivity contribution in [3.63, 3.8) is 0 Å². The maximum atomic E-state index is 11.8. The highest BCUT2D eigenvalue weighted by atomic mass is 35.5. The first-order valence-corrected chi connectivity index (χ1v) is 11.6. The summed E-state index contributed by atoms with van der Waals surface area (Å²) in [5, 5.41) is 11.8. The Morgan fingerprint density at radius 1 is 0.821 bits per heavy atom. The second-order valence-electron chi connectivity index (χ2n) is 8.75. The van der Waals surface area contributed by atoms with Crippen molar-refractivity contribution in [1.82, 2.24) is 0 Å². The van der Waals surface area contributed by atoms with Gasteiger partial charge in [0.15, 0.2) is 0 Å². The van der Waals surface area contributed by atoms with Gasteiger partial charge in [0, 0.05) is 13.0 Å². The fourth-order valence-electron chi connectivity index (χ4n) is 3.52. The van der Waals surface area contributed by atoms with Crippen molar-refractivity contribution >= 4 is 18.3 Å². The van der Waals surface area contributed by atoms with Crippen LogP contribution in [0.2, 0.25) is 0 Å². The first-order chi connectivity index (χ1) is 13.0. The van der Waals surface area contributed by atoms with E-state index in [1.54, 1.807) is 0 Å². The quantitative estimate of drug-likeness (QED) is 0.0753. The summed E-state index contributed by atoms with van der Waals surface area (Å²) in [6.07, 6.45) is 21.0. The number of aliphatic imine (C=N–C) groups is 1. The Labute approximate surface area is 182 Å². The van der Waals surface area contributed by atoms with Crippen LogP contribution in [0.4, 0.5) is 0 Å². The van der Waals surface area contributed by atoms with Gasteiger partial charge < -0.3 is 14.6 Å². The molecule has 0 saturated carbocycles. The lowest BCUT2D eigenvalue weighted by Gasteiger charge is -2.28. The molecular formula is C24H49ClN2O. The molecule has 0 radical (unpaired) electrons. The van der Waals surface area contributed by atoms with Crippen molar-refractivity contribution in [2.75, 3.05) is 33.7 Å². The SMILES string of the molecule is C=CC[N+](C)(C)CCCN=C([O-])CCCCCCCCCCCCCCC.Cl. The molecule has 0 aliphatic heterocycles. The molecule has 4 heteroatoms. The van der Waals surface area contributed by atoms with E-state index in [-0.39, 0.29) is 18.3 Å². The van der Waals surface area contributed by atoms with E-state index in [1.165, 1.54) is 77.0 Å². The molecule has 3 nitrogen and oxygen atoms in total. The van der Waals surface area contributed by atoms with Gasteiger partial charge in [0.2, 0.25) is 0 Å². The summed E-state index contributed by atoms with van der Waals surface area (Å²) < 4.78 is 0.923. The summed E-state index contributed by atoms with van der Waals surface area (Å²) >= 11 is 0. The Hall–Kier alpha value is -0.540. The van der Waals surface area contributed by atoms with Gasteiger partial charge in [-0.25, -0.2) is 0 Å². The fraction of sp³-hybridized carbons (Fsp3) is 0.875. The summed E-state index contributed by atoms with van der Waals surface area (Å²) in [6, 6.07) is 0. The Kier molecular flexibility index (Phi) is 22.4. The molecule has 168 valence electrons. The zero-order chi connectivity index (χ0) is 20.2. The van der Waals surface area contributed by atoms with Crippen molar-refractivity contribution in [3.05, 3.63) is 12.7 Å². The summed E-state index contributed by atoms with van der Waals surface area (Å²) in [5.74, 6) is 0.104. The Balaban J connectivity index is 0. The average Bonchev–Trinajstić information content (AvgIpc) is 2.62. The topological polar surface area (TPSA) is 35.4 Å². The fourth-order valence-corrected chi connectivity index (χ4v) is 3.52. The van der Waals surface area contributed by atoms with Crippen LogP contribution in [0.25, 0.3) is 0 Å². The number of rotatable bonds is 20. The van der Waals surface area contributed by atoms with Gasteiger partial charge in [0.1, 0.15) is 0 Å². The monoisotopic (exact) mass is 416 g/mol. The van der Waals surface area contributed by atoms with Crippen molar-refractivity contribution in [1.29, 1.82) is 0 Å². The van der Waals surface area contributed by atoms with E-state index in [9.17, 15) is 5.11 Å². The minimum absolute atomic E-state index is 0. The van der Waals surface area contributed by atoms with E-state index >= 15 is 0 Å². The van der Waals surface area contributed by atoms with Crippen LogP contribution in [-0.4, -0.2) is 44.1 Å². The molecule has 0 N–H and O–H groups in total. The lowest BCUT2D eigenvalue weighted by molar-refractivity contribution is -0.884. The summed E-state index contributed by atoms with van der Waals surface area (Å²) in [7, 11) is 4.38. The van der Waals surface area contributed by atoms with E-state index in [0.29, 0.717) is 13.0 Å². The third-order valence-corrected chi connectivity index (χ3v) is 5.33. The highest BCUT2D eigenvalue weighted by molar-refractivity contribution is 5.85. The summed E-state index contributed by atoms with van der Waals surface area (Å²) in [6.45, 7) is 8.76. The van der Waals surface area contributed by atoms with E-state index in [0.717, 1.165) is 30.4 Å². The van der Waals surface area contributed by atoms with Crippen molar-refractivity contribution in [2.24, 2.45) is 4.99 Å². The molecule has 0 aromatic heterocycles. The molecule has 0 heterocycles. The largest absolute Gasteiger partial charge is 0.862 e. The molecule has 0 aromatic rings. The predicted octanol–water partition coefficient (Wildman–Crippen LogP) is 6.30. The smallest absolute Gasteiger partial charge is 0.0966 e.